The van der Waals surface area contributed by atoms with Crippen molar-refractivity contribution in [2.75, 3.05) is 19.8 Å². The third-order valence-corrected chi connectivity index (χ3v) is 2.34. The van der Waals surface area contributed by atoms with E-state index in [1.54, 1.807) is 0 Å². The molecule has 0 bridgehead atoms. The van der Waals surface area contributed by atoms with E-state index in [0.717, 1.165) is 19.8 Å². The quantitative estimate of drug-likeness (QED) is 0.699. The minimum atomic E-state index is -0.264. The van der Waals surface area contributed by atoms with Crippen LogP contribution in [0.1, 0.15) is 33.6 Å². The Balaban J connectivity index is 2.22. The highest BCUT2D eigenvalue weighted by molar-refractivity contribution is 5.81. The van der Waals surface area contributed by atoms with Crippen molar-refractivity contribution < 1.29 is 4.79 Å². The molecule has 1 amide bonds. The van der Waals surface area contributed by atoms with E-state index in [4.69, 9.17) is 0 Å². The molecular weight excluding hydrogens is 164 g/mol. The Labute approximate surface area is 80.5 Å². The van der Waals surface area contributed by atoms with Crippen LogP contribution in [0.4, 0.5) is 0 Å². The van der Waals surface area contributed by atoms with Gasteiger partial charge in [0.1, 0.15) is 0 Å². The lowest BCUT2D eigenvalue weighted by molar-refractivity contribution is -0.129. The second-order valence-electron chi connectivity index (χ2n) is 4.74. The molecule has 0 aliphatic carbocycles. The van der Waals surface area contributed by atoms with E-state index < -0.39 is 0 Å². The molecule has 0 spiro atoms. The largest absolute Gasteiger partial charge is 0.343 e. The van der Waals surface area contributed by atoms with Gasteiger partial charge >= 0.3 is 0 Å². The van der Waals surface area contributed by atoms with Crippen LogP contribution in [-0.2, 0) is 4.79 Å². The molecule has 1 aliphatic heterocycles. The molecule has 3 nitrogen and oxygen atoms in total. The predicted molar refractivity (Wildman–Crippen MR) is 53.3 cm³/mol. The predicted octanol–water partition coefficient (Wildman–Crippen LogP) is 1.20. The number of carbonyl (C=O) groups is 1. The number of hydrogen-bond donors (Lipinski definition) is 1. The second-order valence-corrected chi connectivity index (χ2v) is 4.74. The molecule has 0 radical (unpaired) electrons. The molecule has 0 saturated carbocycles. The molecule has 0 atom stereocenters. The topological polar surface area (TPSA) is 32.3 Å². The van der Waals surface area contributed by atoms with Gasteiger partial charge in [-0.3, -0.25) is 9.69 Å². The van der Waals surface area contributed by atoms with Gasteiger partial charge < -0.3 is 5.32 Å². The van der Waals surface area contributed by atoms with E-state index in [0.29, 0.717) is 0 Å². The summed E-state index contributed by atoms with van der Waals surface area (Å²) in [7, 11) is 0. The van der Waals surface area contributed by atoms with Crippen LogP contribution in [0.5, 0.6) is 0 Å². The normalized spacial score (nSPS) is 19.0. The molecular formula is C10H20N2O. The van der Waals surface area contributed by atoms with E-state index in [1.807, 2.05) is 20.8 Å². The third kappa shape index (κ3) is 3.35. The number of nitrogens with one attached hydrogen (secondary N) is 1. The number of likely N-dealkylation sites (tertiary alicyclic amines) is 1. The Bertz CT molecular complexity index is 178. The first-order valence-corrected chi connectivity index (χ1v) is 5.01. The van der Waals surface area contributed by atoms with Crippen molar-refractivity contribution in [3.63, 3.8) is 0 Å². The monoisotopic (exact) mass is 184 g/mol. The van der Waals surface area contributed by atoms with Crippen LogP contribution < -0.4 is 5.32 Å². The standard InChI is InChI=1S/C10H20N2O/c1-10(2,3)9(13)11-8-12-6-4-5-7-12/h4-8H2,1-3H3,(H,11,13). The van der Waals surface area contributed by atoms with Gasteiger partial charge in [-0.05, 0) is 25.9 Å². The Kier molecular flexibility index (Phi) is 3.31. The van der Waals surface area contributed by atoms with Gasteiger partial charge in [0.25, 0.3) is 0 Å². The molecule has 1 saturated heterocycles. The second kappa shape index (κ2) is 4.09. The summed E-state index contributed by atoms with van der Waals surface area (Å²) in [5.41, 5.74) is -0.264. The molecule has 1 N–H and O–H groups in total. The Morgan fingerprint density at radius 3 is 2.31 bits per heavy atom. The number of carbonyl (C=O) groups excluding carboxylic acids is 1. The van der Waals surface area contributed by atoms with Crippen LogP contribution >= 0.6 is 0 Å². The highest BCUT2D eigenvalue weighted by Gasteiger charge is 2.21. The lowest BCUT2D eigenvalue weighted by Crippen LogP contribution is -2.41. The average molecular weight is 184 g/mol. The molecule has 0 aromatic carbocycles. The maximum absolute atomic E-state index is 11.5. The highest BCUT2D eigenvalue weighted by Crippen LogP contribution is 2.12. The first-order chi connectivity index (χ1) is 6.00. The van der Waals surface area contributed by atoms with Gasteiger partial charge in [0, 0.05) is 5.41 Å². The first-order valence-electron chi connectivity index (χ1n) is 5.01. The fraction of sp³-hybridized carbons (Fsp3) is 0.900. The van der Waals surface area contributed by atoms with Gasteiger partial charge in [0.15, 0.2) is 0 Å². The van der Waals surface area contributed by atoms with Crippen molar-refractivity contribution in [1.82, 2.24) is 10.2 Å². The summed E-state index contributed by atoms with van der Waals surface area (Å²) in [5.74, 6) is 0.138. The summed E-state index contributed by atoms with van der Waals surface area (Å²) < 4.78 is 0. The van der Waals surface area contributed by atoms with E-state index in [2.05, 4.69) is 10.2 Å². The molecule has 0 unspecified atom stereocenters. The lowest BCUT2D eigenvalue weighted by atomic mass is 9.96. The minimum absolute atomic E-state index is 0.138. The lowest BCUT2D eigenvalue weighted by Gasteiger charge is -2.21. The smallest absolute Gasteiger partial charge is 0.226 e. The van der Waals surface area contributed by atoms with Crippen molar-refractivity contribution in [3.05, 3.63) is 0 Å². The van der Waals surface area contributed by atoms with Crippen molar-refractivity contribution in [3.8, 4) is 0 Å². The minimum Gasteiger partial charge on any atom is -0.343 e. The maximum atomic E-state index is 11.5. The number of nitrogens with zero attached hydrogens (tertiary/aromatic N) is 1. The van der Waals surface area contributed by atoms with Gasteiger partial charge in [0.2, 0.25) is 5.91 Å². The molecule has 1 fully saturated rings. The first kappa shape index (κ1) is 10.5. The number of rotatable bonds is 2. The van der Waals surface area contributed by atoms with E-state index >= 15 is 0 Å². The van der Waals surface area contributed by atoms with Crippen LogP contribution in [0, 0.1) is 5.41 Å². The van der Waals surface area contributed by atoms with Crippen LogP contribution in [0.2, 0.25) is 0 Å². The summed E-state index contributed by atoms with van der Waals surface area (Å²) in [6.07, 6.45) is 2.54. The maximum Gasteiger partial charge on any atom is 0.226 e. The van der Waals surface area contributed by atoms with Gasteiger partial charge in [-0.1, -0.05) is 20.8 Å². The average Bonchev–Trinajstić information content (AvgIpc) is 2.50. The van der Waals surface area contributed by atoms with Crippen molar-refractivity contribution in [1.29, 1.82) is 0 Å². The Morgan fingerprint density at radius 2 is 1.85 bits per heavy atom. The molecule has 1 heterocycles. The summed E-state index contributed by atoms with van der Waals surface area (Å²) in [6.45, 7) is 8.79. The molecule has 0 aromatic rings. The van der Waals surface area contributed by atoms with Crippen LogP contribution in [0.25, 0.3) is 0 Å². The zero-order valence-electron chi connectivity index (χ0n) is 8.89. The van der Waals surface area contributed by atoms with Crippen LogP contribution in [0.15, 0.2) is 0 Å². The third-order valence-electron chi connectivity index (χ3n) is 2.34. The zero-order chi connectivity index (χ0) is 9.90. The van der Waals surface area contributed by atoms with Crippen molar-refractivity contribution >= 4 is 5.91 Å². The van der Waals surface area contributed by atoms with Crippen LogP contribution in [0.3, 0.4) is 0 Å². The molecule has 3 heteroatoms. The zero-order valence-corrected chi connectivity index (χ0v) is 8.89. The molecule has 1 rings (SSSR count). The fourth-order valence-electron chi connectivity index (χ4n) is 1.39. The SMILES string of the molecule is CC(C)(C)C(=O)NCN1CCCC1. The van der Waals surface area contributed by atoms with Crippen LogP contribution in [-0.4, -0.2) is 30.6 Å². The molecule has 13 heavy (non-hydrogen) atoms. The number of amides is 1. The molecule has 0 aromatic heterocycles. The summed E-state index contributed by atoms with van der Waals surface area (Å²) in [5, 5.41) is 2.95. The Morgan fingerprint density at radius 1 is 1.31 bits per heavy atom. The molecule has 76 valence electrons. The fourth-order valence-corrected chi connectivity index (χ4v) is 1.39. The van der Waals surface area contributed by atoms with Gasteiger partial charge in [-0.15, -0.1) is 0 Å². The highest BCUT2D eigenvalue weighted by atomic mass is 16.2. The molecule has 1 aliphatic rings. The summed E-state index contributed by atoms with van der Waals surface area (Å²) in [6, 6.07) is 0. The van der Waals surface area contributed by atoms with Gasteiger partial charge in [-0.2, -0.15) is 0 Å². The van der Waals surface area contributed by atoms with E-state index in [9.17, 15) is 4.79 Å². The van der Waals surface area contributed by atoms with Crippen molar-refractivity contribution in [2.45, 2.75) is 33.6 Å². The summed E-state index contributed by atoms with van der Waals surface area (Å²) in [4.78, 5) is 13.8. The van der Waals surface area contributed by atoms with Gasteiger partial charge in [0.05, 0.1) is 6.67 Å². The van der Waals surface area contributed by atoms with Crippen molar-refractivity contribution in [2.24, 2.45) is 5.41 Å². The van der Waals surface area contributed by atoms with E-state index in [1.165, 1.54) is 12.8 Å². The Hall–Kier alpha value is -0.570. The van der Waals surface area contributed by atoms with Gasteiger partial charge in [-0.25, -0.2) is 0 Å². The number of hydrogen-bond acceptors (Lipinski definition) is 2. The summed E-state index contributed by atoms with van der Waals surface area (Å²) >= 11 is 0. The van der Waals surface area contributed by atoms with E-state index in [-0.39, 0.29) is 11.3 Å².